The van der Waals surface area contributed by atoms with Gasteiger partial charge in [0.2, 0.25) is 10.0 Å². The molecule has 5 nitrogen and oxygen atoms in total. The van der Waals surface area contributed by atoms with Crippen LogP contribution in [0.15, 0.2) is 23.1 Å². The van der Waals surface area contributed by atoms with Crippen LogP contribution in [0.3, 0.4) is 0 Å². The summed E-state index contributed by atoms with van der Waals surface area (Å²) < 4.78 is 23.2. The molecule has 0 spiro atoms. The van der Waals surface area contributed by atoms with E-state index in [1.807, 2.05) is 6.92 Å². The zero-order chi connectivity index (χ0) is 16.0. The molecule has 0 saturated carbocycles. The van der Waals surface area contributed by atoms with Crippen LogP contribution >= 0.6 is 0 Å². The summed E-state index contributed by atoms with van der Waals surface area (Å²) in [6.07, 6.45) is 2.53. The molecule has 0 unspecified atom stereocenters. The number of aryl methyl sites for hydroxylation is 1. The predicted molar refractivity (Wildman–Crippen MR) is 83.6 cm³/mol. The topological polar surface area (TPSA) is 89.3 Å². The summed E-state index contributed by atoms with van der Waals surface area (Å²) in [5.41, 5.74) is 0.941. The number of carbonyl (C=O) groups is 1. The van der Waals surface area contributed by atoms with Gasteiger partial charge in [0, 0.05) is 12.1 Å². The SMILES string of the molecule is CCc1ccc(C(=O)NCC(CC)CC)cc1S(N)(=O)=O. The van der Waals surface area contributed by atoms with Crippen molar-refractivity contribution < 1.29 is 13.2 Å². The second kappa shape index (κ2) is 7.56. The summed E-state index contributed by atoms with van der Waals surface area (Å²) in [5.74, 6) is 0.163. The van der Waals surface area contributed by atoms with E-state index in [1.165, 1.54) is 6.07 Å². The Balaban J connectivity index is 2.96. The number of nitrogens with one attached hydrogen (secondary N) is 1. The van der Waals surface area contributed by atoms with E-state index in [0.717, 1.165) is 12.8 Å². The van der Waals surface area contributed by atoms with Gasteiger partial charge in [-0.1, -0.05) is 39.7 Å². The third-order valence-corrected chi connectivity index (χ3v) is 4.72. The molecule has 21 heavy (non-hydrogen) atoms. The van der Waals surface area contributed by atoms with Crippen LogP contribution in [-0.2, 0) is 16.4 Å². The largest absolute Gasteiger partial charge is 0.352 e. The van der Waals surface area contributed by atoms with E-state index in [2.05, 4.69) is 19.2 Å². The lowest BCUT2D eigenvalue weighted by Crippen LogP contribution is -2.29. The normalized spacial score (nSPS) is 11.7. The lowest BCUT2D eigenvalue weighted by atomic mass is 10.0. The number of rotatable bonds is 7. The van der Waals surface area contributed by atoms with Crippen molar-refractivity contribution in [1.82, 2.24) is 5.32 Å². The molecule has 1 rings (SSSR count). The van der Waals surface area contributed by atoms with Crippen LogP contribution in [0.25, 0.3) is 0 Å². The number of carbonyl (C=O) groups excluding carboxylic acids is 1. The van der Waals surface area contributed by atoms with Gasteiger partial charge in [-0.15, -0.1) is 0 Å². The Bertz CT molecular complexity index is 593. The predicted octanol–water partition coefficient (Wildman–Crippen LogP) is 2.06. The minimum atomic E-state index is -3.82. The van der Waals surface area contributed by atoms with Crippen LogP contribution in [0, 0.1) is 5.92 Å². The first-order chi connectivity index (χ1) is 9.83. The second-order valence-corrected chi connectivity index (χ2v) is 6.64. The summed E-state index contributed by atoms with van der Waals surface area (Å²) in [5, 5.41) is 8.05. The van der Waals surface area contributed by atoms with Gasteiger partial charge in [-0.2, -0.15) is 0 Å². The number of hydrogen-bond donors (Lipinski definition) is 2. The zero-order valence-corrected chi connectivity index (χ0v) is 13.7. The Hall–Kier alpha value is -1.40. The van der Waals surface area contributed by atoms with Crippen LogP contribution in [-0.4, -0.2) is 20.9 Å². The summed E-state index contributed by atoms with van der Waals surface area (Å²) >= 11 is 0. The first-order valence-electron chi connectivity index (χ1n) is 7.27. The third kappa shape index (κ3) is 4.82. The highest BCUT2D eigenvalue weighted by Crippen LogP contribution is 2.17. The fourth-order valence-electron chi connectivity index (χ4n) is 2.17. The van der Waals surface area contributed by atoms with Gasteiger partial charge < -0.3 is 5.32 Å². The fraction of sp³-hybridized carbons (Fsp3) is 0.533. The highest BCUT2D eigenvalue weighted by atomic mass is 32.2. The van der Waals surface area contributed by atoms with Crippen molar-refractivity contribution in [3.63, 3.8) is 0 Å². The number of sulfonamides is 1. The van der Waals surface area contributed by atoms with Crippen molar-refractivity contribution in [2.45, 2.75) is 44.9 Å². The smallest absolute Gasteiger partial charge is 0.251 e. The van der Waals surface area contributed by atoms with Gasteiger partial charge in [-0.05, 0) is 30.0 Å². The van der Waals surface area contributed by atoms with Gasteiger partial charge >= 0.3 is 0 Å². The Kier molecular flexibility index (Phi) is 6.36. The van der Waals surface area contributed by atoms with Crippen molar-refractivity contribution in [1.29, 1.82) is 0 Å². The molecule has 1 aromatic rings. The molecule has 0 aliphatic rings. The van der Waals surface area contributed by atoms with Crippen LogP contribution in [0.5, 0.6) is 0 Å². The quantitative estimate of drug-likeness (QED) is 0.807. The van der Waals surface area contributed by atoms with Crippen molar-refractivity contribution >= 4 is 15.9 Å². The molecular formula is C15H24N2O3S. The summed E-state index contributed by atoms with van der Waals surface area (Å²) in [7, 11) is -3.82. The van der Waals surface area contributed by atoms with E-state index in [4.69, 9.17) is 5.14 Å². The maximum atomic E-state index is 12.1. The van der Waals surface area contributed by atoms with E-state index >= 15 is 0 Å². The molecular weight excluding hydrogens is 288 g/mol. The van der Waals surface area contributed by atoms with Gasteiger partial charge in [-0.25, -0.2) is 13.6 Å². The van der Waals surface area contributed by atoms with E-state index in [0.29, 0.717) is 30.0 Å². The number of amides is 1. The Morgan fingerprint density at radius 3 is 2.33 bits per heavy atom. The minimum Gasteiger partial charge on any atom is -0.352 e. The standard InChI is InChI=1S/C15H24N2O3S/c1-4-11(5-2)10-17-15(18)13-8-7-12(6-3)14(9-13)21(16,19)20/h7-9,11H,4-6,10H2,1-3H3,(H,17,18)(H2,16,19,20). The highest BCUT2D eigenvalue weighted by Gasteiger charge is 2.16. The van der Waals surface area contributed by atoms with Gasteiger partial charge in [0.1, 0.15) is 0 Å². The summed E-state index contributed by atoms with van der Waals surface area (Å²) in [6.45, 7) is 6.59. The van der Waals surface area contributed by atoms with Crippen molar-refractivity contribution in [2.75, 3.05) is 6.54 Å². The van der Waals surface area contributed by atoms with Crippen LogP contribution in [0.1, 0.15) is 49.5 Å². The van der Waals surface area contributed by atoms with Gasteiger partial charge in [0.15, 0.2) is 0 Å². The fourth-order valence-corrected chi connectivity index (χ4v) is 3.04. The molecule has 0 aliphatic heterocycles. The van der Waals surface area contributed by atoms with Crippen molar-refractivity contribution in [3.05, 3.63) is 29.3 Å². The third-order valence-electron chi connectivity index (χ3n) is 3.72. The number of benzene rings is 1. The minimum absolute atomic E-state index is 0.0279. The molecule has 118 valence electrons. The second-order valence-electron chi connectivity index (χ2n) is 5.11. The van der Waals surface area contributed by atoms with E-state index in [9.17, 15) is 13.2 Å². The lowest BCUT2D eigenvalue weighted by Gasteiger charge is -2.14. The molecule has 1 aromatic carbocycles. The van der Waals surface area contributed by atoms with Gasteiger partial charge in [-0.3, -0.25) is 4.79 Å². The molecule has 0 bridgehead atoms. The number of nitrogens with two attached hydrogens (primary N) is 1. The van der Waals surface area contributed by atoms with Crippen LogP contribution in [0.2, 0.25) is 0 Å². The van der Waals surface area contributed by atoms with Crippen molar-refractivity contribution in [2.24, 2.45) is 11.1 Å². The molecule has 0 radical (unpaired) electrons. The molecule has 0 saturated heterocycles. The Morgan fingerprint density at radius 1 is 1.24 bits per heavy atom. The molecule has 0 aromatic heterocycles. The molecule has 6 heteroatoms. The van der Waals surface area contributed by atoms with E-state index in [-0.39, 0.29) is 10.8 Å². The average molecular weight is 312 g/mol. The maximum absolute atomic E-state index is 12.1. The molecule has 0 heterocycles. The molecule has 0 fully saturated rings. The van der Waals surface area contributed by atoms with E-state index < -0.39 is 10.0 Å². The molecule has 0 atom stereocenters. The molecule has 3 N–H and O–H groups in total. The van der Waals surface area contributed by atoms with Gasteiger partial charge in [0.25, 0.3) is 5.91 Å². The van der Waals surface area contributed by atoms with Crippen LogP contribution < -0.4 is 10.5 Å². The highest BCUT2D eigenvalue weighted by molar-refractivity contribution is 7.89. The number of primary sulfonamides is 1. The summed E-state index contributed by atoms with van der Waals surface area (Å²) in [4.78, 5) is 12.1. The number of hydrogen-bond acceptors (Lipinski definition) is 3. The Morgan fingerprint density at radius 2 is 1.86 bits per heavy atom. The van der Waals surface area contributed by atoms with Gasteiger partial charge in [0.05, 0.1) is 4.90 Å². The Labute approximate surface area is 127 Å². The average Bonchev–Trinajstić information content (AvgIpc) is 2.46. The lowest BCUT2D eigenvalue weighted by molar-refractivity contribution is 0.0946. The zero-order valence-electron chi connectivity index (χ0n) is 12.8. The first kappa shape index (κ1) is 17.7. The molecule has 0 aliphatic carbocycles. The van der Waals surface area contributed by atoms with Crippen molar-refractivity contribution in [3.8, 4) is 0 Å². The van der Waals surface area contributed by atoms with Crippen LogP contribution in [0.4, 0.5) is 0 Å². The van der Waals surface area contributed by atoms with E-state index in [1.54, 1.807) is 12.1 Å². The maximum Gasteiger partial charge on any atom is 0.251 e. The first-order valence-corrected chi connectivity index (χ1v) is 8.81. The molecule has 1 amide bonds. The summed E-state index contributed by atoms with van der Waals surface area (Å²) in [6, 6.07) is 4.64. The monoisotopic (exact) mass is 312 g/mol.